The van der Waals surface area contributed by atoms with Gasteiger partial charge in [-0.25, -0.2) is 0 Å². The van der Waals surface area contributed by atoms with Crippen molar-refractivity contribution in [2.24, 2.45) is 0 Å². The van der Waals surface area contributed by atoms with Crippen molar-refractivity contribution in [3.63, 3.8) is 0 Å². The molecule has 1 aliphatic heterocycles. The minimum Gasteiger partial charge on any atom is -0.376 e. The average Bonchev–Trinajstić information content (AvgIpc) is 2.19. The van der Waals surface area contributed by atoms with Crippen LogP contribution >= 0.6 is 0 Å². The Labute approximate surface area is 82.8 Å². The highest BCUT2D eigenvalue weighted by Crippen LogP contribution is 2.01. The molecule has 5 heteroatoms. The Hall–Kier alpha value is -0.940. The van der Waals surface area contributed by atoms with Crippen LogP contribution in [-0.4, -0.2) is 43.7 Å². The maximum atomic E-state index is 11.4. The van der Waals surface area contributed by atoms with Crippen LogP contribution in [0.5, 0.6) is 0 Å². The lowest BCUT2D eigenvalue weighted by atomic mass is 10.2. The summed E-state index contributed by atoms with van der Waals surface area (Å²) in [4.78, 5) is 22.3. The first-order valence-corrected chi connectivity index (χ1v) is 4.61. The van der Waals surface area contributed by atoms with E-state index in [9.17, 15) is 9.59 Å². The van der Waals surface area contributed by atoms with Crippen molar-refractivity contribution in [2.75, 3.05) is 19.8 Å². The van der Waals surface area contributed by atoms with E-state index in [4.69, 9.17) is 9.47 Å². The van der Waals surface area contributed by atoms with Crippen molar-refractivity contribution in [3.05, 3.63) is 0 Å². The topological polar surface area (TPSA) is 64.6 Å². The van der Waals surface area contributed by atoms with Gasteiger partial charge in [0.15, 0.2) is 11.9 Å². The summed E-state index contributed by atoms with van der Waals surface area (Å²) in [5.41, 5.74) is 0. The molecule has 1 fully saturated rings. The van der Waals surface area contributed by atoms with Crippen LogP contribution in [0.2, 0.25) is 0 Å². The fourth-order valence-electron chi connectivity index (χ4n) is 1.05. The van der Waals surface area contributed by atoms with Crippen LogP contribution in [-0.2, 0) is 19.1 Å². The largest absolute Gasteiger partial charge is 0.376 e. The van der Waals surface area contributed by atoms with E-state index in [0.717, 1.165) is 0 Å². The van der Waals surface area contributed by atoms with E-state index in [1.54, 1.807) is 6.92 Å². The van der Waals surface area contributed by atoms with Crippen LogP contribution < -0.4 is 5.32 Å². The lowest BCUT2D eigenvalue weighted by Gasteiger charge is -2.23. The first kappa shape index (κ1) is 11.1. The minimum absolute atomic E-state index is 0.0740. The van der Waals surface area contributed by atoms with Gasteiger partial charge in [-0.2, -0.15) is 0 Å². The molecule has 1 heterocycles. The number of Topliss-reactive ketones (excluding diaryl/α,β-unsaturated/α-hetero) is 1. The highest BCUT2D eigenvalue weighted by Gasteiger charge is 2.24. The van der Waals surface area contributed by atoms with Crippen LogP contribution in [0.1, 0.15) is 13.8 Å². The smallest absolute Gasteiger partial charge is 0.252 e. The zero-order valence-electron chi connectivity index (χ0n) is 8.41. The number of ether oxygens (including phenoxy) is 2. The Bertz CT molecular complexity index is 223. The molecule has 0 aromatic carbocycles. The van der Waals surface area contributed by atoms with Gasteiger partial charge in [-0.05, 0) is 13.8 Å². The molecule has 1 aliphatic rings. The predicted octanol–water partition coefficient (Wildman–Crippen LogP) is -0.504. The van der Waals surface area contributed by atoms with Crippen molar-refractivity contribution in [1.29, 1.82) is 0 Å². The number of hydrogen-bond donors (Lipinski definition) is 1. The number of rotatable bonds is 3. The summed E-state index contributed by atoms with van der Waals surface area (Å²) < 4.78 is 10.2. The van der Waals surface area contributed by atoms with Gasteiger partial charge < -0.3 is 14.8 Å². The number of carbonyl (C=O) groups is 2. The third-order valence-electron chi connectivity index (χ3n) is 2.08. The van der Waals surface area contributed by atoms with Gasteiger partial charge in [-0.15, -0.1) is 0 Å². The molecule has 0 saturated carbocycles. The molecule has 1 rings (SSSR count). The Kier molecular flexibility index (Phi) is 4.03. The van der Waals surface area contributed by atoms with E-state index in [1.165, 1.54) is 6.92 Å². The van der Waals surface area contributed by atoms with E-state index in [-0.39, 0.29) is 18.3 Å². The summed E-state index contributed by atoms with van der Waals surface area (Å²) in [5, 5.41) is 2.56. The molecule has 0 radical (unpaired) electrons. The van der Waals surface area contributed by atoms with E-state index in [2.05, 4.69) is 5.32 Å². The molecule has 80 valence electrons. The quantitative estimate of drug-likeness (QED) is 0.668. The second-order valence-electron chi connectivity index (χ2n) is 3.28. The zero-order chi connectivity index (χ0) is 10.6. The fraction of sp³-hybridized carbons (Fsp3) is 0.778. The Morgan fingerprint density at radius 2 is 2.14 bits per heavy atom. The molecule has 5 nitrogen and oxygen atoms in total. The van der Waals surface area contributed by atoms with Gasteiger partial charge in [0.1, 0.15) is 0 Å². The van der Waals surface area contributed by atoms with Gasteiger partial charge in [-0.3, -0.25) is 9.59 Å². The van der Waals surface area contributed by atoms with Crippen molar-refractivity contribution >= 4 is 11.7 Å². The molecule has 0 aromatic heterocycles. The van der Waals surface area contributed by atoms with Gasteiger partial charge >= 0.3 is 0 Å². The van der Waals surface area contributed by atoms with Gasteiger partial charge in [0.25, 0.3) is 5.91 Å². The molecule has 1 N–H and O–H groups in total. The van der Waals surface area contributed by atoms with Crippen LogP contribution in [0.3, 0.4) is 0 Å². The number of ketones is 1. The van der Waals surface area contributed by atoms with Crippen molar-refractivity contribution in [1.82, 2.24) is 5.32 Å². The first-order valence-electron chi connectivity index (χ1n) is 4.61. The third-order valence-corrected chi connectivity index (χ3v) is 2.08. The molecule has 14 heavy (non-hydrogen) atoms. The van der Waals surface area contributed by atoms with Crippen LogP contribution in [0.4, 0.5) is 0 Å². The van der Waals surface area contributed by atoms with Gasteiger partial charge in [-0.1, -0.05) is 0 Å². The molecular formula is C9H15NO4. The lowest BCUT2D eigenvalue weighted by Crippen LogP contribution is -2.47. The second kappa shape index (κ2) is 5.07. The van der Waals surface area contributed by atoms with E-state index in [1.807, 2.05) is 0 Å². The van der Waals surface area contributed by atoms with Crippen LogP contribution in [0, 0.1) is 0 Å². The van der Waals surface area contributed by atoms with Crippen molar-refractivity contribution in [3.8, 4) is 0 Å². The van der Waals surface area contributed by atoms with Gasteiger partial charge in [0.05, 0.1) is 25.9 Å². The molecule has 0 bridgehead atoms. The van der Waals surface area contributed by atoms with E-state index in [0.29, 0.717) is 13.2 Å². The second-order valence-corrected chi connectivity index (χ2v) is 3.28. The Balaban J connectivity index is 2.36. The maximum Gasteiger partial charge on any atom is 0.252 e. The highest BCUT2D eigenvalue weighted by molar-refractivity contribution is 5.89. The first-order chi connectivity index (χ1) is 6.61. The van der Waals surface area contributed by atoms with Crippen LogP contribution in [0.25, 0.3) is 0 Å². The molecule has 0 aromatic rings. The molecule has 2 unspecified atom stereocenters. The summed E-state index contributed by atoms with van der Waals surface area (Å²) in [5.74, 6) is -0.359. The van der Waals surface area contributed by atoms with Gasteiger partial charge in [0.2, 0.25) is 0 Å². The molecule has 1 saturated heterocycles. The number of carbonyl (C=O) groups excluding carboxylic acids is 2. The van der Waals surface area contributed by atoms with Crippen molar-refractivity contribution < 1.29 is 19.1 Å². The third kappa shape index (κ3) is 3.08. The van der Waals surface area contributed by atoms with Crippen molar-refractivity contribution in [2.45, 2.75) is 26.0 Å². The maximum absolute atomic E-state index is 11.4. The molecule has 0 spiro atoms. The summed E-state index contributed by atoms with van der Waals surface area (Å²) >= 11 is 0. The normalized spacial score (nSPS) is 24.0. The number of nitrogens with one attached hydrogen (secondary N) is 1. The minimum atomic E-state index is -0.578. The summed E-state index contributed by atoms with van der Waals surface area (Å²) in [6.45, 7) is 4.28. The molecule has 0 aliphatic carbocycles. The highest BCUT2D eigenvalue weighted by atomic mass is 16.6. The van der Waals surface area contributed by atoms with E-state index >= 15 is 0 Å². The number of hydrogen-bond acceptors (Lipinski definition) is 4. The average molecular weight is 201 g/mol. The summed E-state index contributed by atoms with van der Waals surface area (Å²) in [7, 11) is 0. The summed E-state index contributed by atoms with van der Waals surface area (Å²) in [6, 6.07) is -0.465. The summed E-state index contributed by atoms with van der Waals surface area (Å²) in [6.07, 6.45) is -0.578. The molecule has 1 amide bonds. The Morgan fingerprint density at radius 1 is 1.43 bits per heavy atom. The number of amides is 1. The molecule has 2 atom stereocenters. The lowest BCUT2D eigenvalue weighted by molar-refractivity contribution is -0.149. The monoisotopic (exact) mass is 201 g/mol. The Morgan fingerprint density at radius 3 is 2.64 bits per heavy atom. The fourth-order valence-corrected chi connectivity index (χ4v) is 1.05. The zero-order valence-corrected chi connectivity index (χ0v) is 8.41. The van der Waals surface area contributed by atoms with Gasteiger partial charge in [0, 0.05) is 0 Å². The van der Waals surface area contributed by atoms with Crippen LogP contribution in [0.15, 0.2) is 0 Å². The van der Waals surface area contributed by atoms with E-state index < -0.39 is 12.1 Å². The predicted molar refractivity (Wildman–Crippen MR) is 48.8 cm³/mol. The standard InChI is InChI=1S/C9H15NO4/c1-6(7(2)11)10-9(12)8-5-13-3-4-14-8/h6,8H,3-5H2,1-2H3,(H,10,12). The molecular weight excluding hydrogens is 186 g/mol. The SMILES string of the molecule is CC(=O)C(C)NC(=O)C1COCCO1.